The zero-order valence-corrected chi connectivity index (χ0v) is 17.5. The predicted octanol–water partition coefficient (Wildman–Crippen LogP) is 0.373. The van der Waals surface area contributed by atoms with Gasteiger partial charge in [0.2, 0.25) is 11.8 Å². The molecule has 0 saturated carbocycles. The van der Waals surface area contributed by atoms with E-state index in [9.17, 15) is 24.5 Å². The molecule has 1 N–H and O–H groups in total. The molecule has 0 radical (unpaired) electrons. The number of carbonyl (C=O) groups is 3. The van der Waals surface area contributed by atoms with Crippen molar-refractivity contribution in [1.29, 1.82) is 0 Å². The third-order valence-electron chi connectivity index (χ3n) is 6.55. The van der Waals surface area contributed by atoms with Crippen LogP contribution in [-0.2, 0) is 20.7 Å². The first-order valence-corrected chi connectivity index (χ1v) is 10.3. The molecule has 31 heavy (non-hydrogen) atoms. The molecule has 1 aromatic rings. The zero-order valence-electron chi connectivity index (χ0n) is 17.5. The van der Waals surface area contributed by atoms with E-state index < -0.39 is 34.2 Å². The molecule has 4 amide bonds. The summed E-state index contributed by atoms with van der Waals surface area (Å²) < 4.78 is 5.03. The van der Waals surface area contributed by atoms with Gasteiger partial charge in [0.25, 0.3) is 5.69 Å². The number of fused-ring (bicyclic) bond motifs is 4. The second kappa shape index (κ2) is 7.89. The molecule has 0 aliphatic carbocycles. The highest BCUT2D eigenvalue weighted by Gasteiger charge is 2.62. The van der Waals surface area contributed by atoms with Crippen LogP contribution in [0.25, 0.3) is 0 Å². The number of barbiturate groups is 1. The Morgan fingerprint density at radius 1 is 1.29 bits per heavy atom. The first-order valence-electron chi connectivity index (χ1n) is 10.3. The topological polar surface area (TPSA) is 125 Å². The molecule has 2 fully saturated rings. The number of nitrogens with zero attached hydrogens (tertiary/aromatic N) is 4. The number of hydrogen-bond acceptors (Lipinski definition) is 8. The number of benzene rings is 1. The number of urea groups is 1. The van der Waals surface area contributed by atoms with Crippen LogP contribution in [0.2, 0.25) is 0 Å². The second-order valence-corrected chi connectivity index (χ2v) is 8.03. The van der Waals surface area contributed by atoms with Crippen LogP contribution in [0.4, 0.5) is 16.2 Å². The molecule has 1 aromatic carbocycles. The number of ether oxygens (including phenoxy) is 1. The average Bonchev–Trinajstić information content (AvgIpc) is 2.76. The van der Waals surface area contributed by atoms with Gasteiger partial charge in [-0.1, -0.05) is 6.92 Å². The van der Waals surface area contributed by atoms with Gasteiger partial charge in [-0.25, -0.2) is 4.79 Å². The van der Waals surface area contributed by atoms with E-state index in [1.54, 1.807) is 6.07 Å². The molecule has 0 aromatic heterocycles. The zero-order chi connectivity index (χ0) is 22.3. The molecule has 11 heteroatoms. The Balaban J connectivity index is 1.85. The van der Waals surface area contributed by atoms with E-state index in [1.807, 2.05) is 11.8 Å². The molecule has 166 valence electrons. The number of imide groups is 2. The maximum atomic E-state index is 13.7. The lowest BCUT2D eigenvalue weighted by Crippen LogP contribution is -2.75. The number of hydrogen-bond donors (Lipinski definition) is 1. The summed E-state index contributed by atoms with van der Waals surface area (Å²) in [4.78, 5) is 55.5. The third kappa shape index (κ3) is 3.24. The number of likely N-dealkylation sites (N-methyl/N-ethyl adjacent to an activating group) is 1. The molecule has 3 aliphatic rings. The molecular weight excluding hydrogens is 406 g/mol. The summed E-state index contributed by atoms with van der Waals surface area (Å²) in [6, 6.07) is 3.29. The van der Waals surface area contributed by atoms with E-state index in [4.69, 9.17) is 4.74 Å². The highest BCUT2D eigenvalue weighted by Crippen LogP contribution is 2.46. The van der Waals surface area contributed by atoms with E-state index in [0.717, 1.165) is 23.7 Å². The van der Waals surface area contributed by atoms with Crippen molar-refractivity contribution in [3.63, 3.8) is 0 Å². The number of nitro groups is 1. The number of carbonyl (C=O) groups excluding carboxylic acids is 3. The minimum atomic E-state index is -1.56. The Hall–Kier alpha value is -3.05. The van der Waals surface area contributed by atoms with Gasteiger partial charge in [-0.05, 0) is 18.2 Å². The third-order valence-corrected chi connectivity index (χ3v) is 6.55. The second-order valence-electron chi connectivity index (χ2n) is 8.03. The van der Waals surface area contributed by atoms with E-state index in [1.165, 1.54) is 19.2 Å². The summed E-state index contributed by atoms with van der Waals surface area (Å²) in [5, 5.41) is 13.7. The first kappa shape index (κ1) is 21.2. The van der Waals surface area contributed by atoms with Gasteiger partial charge in [-0.15, -0.1) is 0 Å². The Kier molecular flexibility index (Phi) is 5.40. The number of anilines is 1. The van der Waals surface area contributed by atoms with Crippen LogP contribution in [0.5, 0.6) is 0 Å². The van der Waals surface area contributed by atoms with Crippen molar-refractivity contribution < 1.29 is 24.0 Å². The van der Waals surface area contributed by atoms with Crippen molar-refractivity contribution in [2.24, 2.45) is 5.41 Å². The highest BCUT2D eigenvalue weighted by atomic mass is 16.6. The lowest BCUT2D eigenvalue weighted by atomic mass is 9.67. The number of nitro benzene ring substituents is 1. The van der Waals surface area contributed by atoms with Gasteiger partial charge in [0.1, 0.15) is 0 Å². The highest BCUT2D eigenvalue weighted by molar-refractivity contribution is 6.20. The number of piperazine rings is 1. The Labute approximate surface area is 179 Å². The number of amides is 4. The normalized spacial score (nSPS) is 26.0. The average molecular weight is 431 g/mol. The fourth-order valence-electron chi connectivity index (χ4n) is 4.90. The maximum absolute atomic E-state index is 13.7. The first-order chi connectivity index (χ1) is 14.8. The van der Waals surface area contributed by atoms with Crippen LogP contribution in [0.3, 0.4) is 0 Å². The van der Waals surface area contributed by atoms with Crippen molar-refractivity contribution >= 4 is 29.2 Å². The molecule has 11 nitrogen and oxygen atoms in total. The van der Waals surface area contributed by atoms with Crippen molar-refractivity contribution in [2.45, 2.75) is 19.4 Å². The molecule has 0 unspecified atom stereocenters. The molecule has 1 spiro atoms. The van der Waals surface area contributed by atoms with Crippen LogP contribution in [0.1, 0.15) is 12.5 Å². The predicted molar refractivity (Wildman–Crippen MR) is 110 cm³/mol. The van der Waals surface area contributed by atoms with Crippen molar-refractivity contribution in [3.05, 3.63) is 33.9 Å². The van der Waals surface area contributed by atoms with Gasteiger partial charge >= 0.3 is 6.03 Å². The van der Waals surface area contributed by atoms with Gasteiger partial charge < -0.3 is 9.64 Å². The maximum Gasteiger partial charge on any atom is 0.330 e. The van der Waals surface area contributed by atoms with Crippen LogP contribution < -0.4 is 10.2 Å². The minimum Gasteiger partial charge on any atom is -0.383 e. The van der Waals surface area contributed by atoms with E-state index >= 15 is 0 Å². The molecule has 2 saturated heterocycles. The van der Waals surface area contributed by atoms with Gasteiger partial charge in [-0.3, -0.25) is 34.8 Å². The van der Waals surface area contributed by atoms with Crippen LogP contribution in [0, 0.1) is 15.5 Å². The fourth-order valence-corrected chi connectivity index (χ4v) is 4.90. The monoisotopic (exact) mass is 431 g/mol. The molecule has 0 bridgehead atoms. The quantitative estimate of drug-likeness (QED) is 0.403. The standard InChI is InChI=1S/C20H25N5O6/c1-3-22-6-7-23-15-5-4-14(25(29)30)10-13(15)11-20(16(23)12-22)17(26)21-19(28)24(18(20)27)8-9-31-2/h4-5,10,16H,3,6-9,11-12H2,1-2H3,(H,21,26,28)/t16-,20+/m0/s1. The van der Waals surface area contributed by atoms with E-state index in [-0.39, 0.29) is 25.3 Å². The fraction of sp³-hybridized carbons (Fsp3) is 0.550. The molecule has 3 heterocycles. The number of non-ortho nitro benzene ring substituents is 1. The number of methoxy groups -OCH3 is 1. The summed E-state index contributed by atoms with van der Waals surface area (Å²) in [6.45, 7) is 4.70. The summed E-state index contributed by atoms with van der Waals surface area (Å²) in [6.07, 6.45) is -0.00976. The Morgan fingerprint density at radius 3 is 2.74 bits per heavy atom. The van der Waals surface area contributed by atoms with Crippen molar-refractivity contribution in [1.82, 2.24) is 15.1 Å². The van der Waals surface area contributed by atoms with Gasteiger partial charge in [0, 0.05) is 51.0 Å². The van der Waals surface area contributed by atoms with Crippen molar-refractivity contribution in [2.75, 3.05) is 51.3 Å². The van der Waals surface area contributed by atoms with Crippen LogP contribution >= 0.6 is 0 Å². The largest absolute Gasteiger partial charge is 0.383 e. The molecule has 2 atom stereocenters. The lowest BCUT2D eigenvalue weighted by Gasteiger charge is -2.55. The SMILES string of the molecule is CCN1CCN2c3ccc([N+](=O)[O-])cc3C[C@]3(C(=O)NC(=O)N(CCOC)C3=O)[C@@H]2C1. The lowest BCUT2D eigenvalue weighted by molar-refractivity contribution is -0.384. The minimum absolute atomic E-state index is 0.00976. The molecular formula is C20H25N5O6. The molecule has 4 rings (SSSR count). The Bertz CT molecular complexity index is 952. The summed E-state index contributed by atoms with van der Waals surface area (Å²) in [5.41, 5.74) is -0.314. The van der Waals surface area contributed by atoms with Gasteiger partial charge in [0.15, 0.2) is 5.41 Å². The van der Waals surface area contributed by atoms with E-state index in [2.05, 4.69) is 10.2 Å². The summed E-state index contributed by atoms with van der Waals surface area (Å²) in [5.74, 6) is -1.23. The van der Waals surface area contributed by atoms with E-state index in [0.29, 0.717) is 18.7 Å². The van der Waals surface area contributed by atoms with Gasteiger partial charge in [-0.2, -0.15) is 0 Å². The molecule has 3 aliphatic heterocycles. The summed E-state index contributed by atoms with van der Waals surface area (Å²) >= 11 is 0. The number of rotatable bonds is 5. The summed E-state index contributed by atoms with van der Waals surface area (Å²) in [7, 11) is 1.46. The van der Waals surface area contributed by atoms with Gasteiger partial charge in [0.05, 0.1) is 24.1 Å². The number of nitrogens with one attached hydrogen (secondary N) is 1. The van der Waals surface area contributed by atoms with Crippen LogP contribution in [-0.4, -0.2) is 85.1 Å². The smallest absolute Gasteiger partial charge is 0.330 e. The Morgan fingerprint density at radius 2 is 2.06 bits per heavy atom. The van der Waals surface area contributed by atoms with Crippen molar-refractivity contribution in [3.8, 4) is 0 Å². The van der Waals surface area contributed by atoms with Crippen LogP contribution in [0.15, 0.2) is 18.2 Å².